The summed E-state index contributed by atoms with van der Waals surface area (Å²) in [4.78, 5) is 20.8. The third kappa shape index (κ3) is 5.21. The molecule has 10 heteroatoms. The van der Waals surface area contributed by atoms with Crippen molar-refractivity contribution in [2.75, 3.05) is 31.7 Å². The van der Waals surface area contributed by atoms with E-state index >= 15 is 0 Å². The van der Waals surface area contributed by atoms with Crippen LogP contribution in [0.4, 0.5) is 19.0 Å². The molecule has 0 spiro atoms. The van der Waals surface area contributed by atoms with Crippen molar-refractivity contribution in [3.8, 4) is 0 Å². The van der Waals surface area contributed by atoms with E-state index in [1.807, 2.05) is 0 Å². The molecule has 1 amide bonds. The van der Waals surface area contributed by atoms with Crippen molar-refractivity contribution in [1.29, 1.82) is 0 Å². The topological polar surface area (TPSA) is 81.2 Å². The van der Waals surface area contributed by atoms with E-state index in [0.717, 1.165) is 19.3 Å². The van der Waals surface area contributed by atoms with Crippen LogP contribution in [0.3, 0.4) is 0 Å². The number of halogens is 3. The summed E-state index contributed by atoms with van der Waals surface area (Å²) in [5, 5.41) is 2.46. The fourth-order valence-electron chi connectivity index (χ4n) is 2.45. The molecule has 6 nitrogen and oxygen atoms in total. The van der Waals surface area contributed by atoms with E-state index in [2.05, 4.69) is 15.3 Å². The number of carbonyl (C=O) groups excluding carboxylic acids is 1. The Labute approximate surface area is 147 Å². The van der Waals surface area contributed by atoms with Gasteiger partial charge in [0.05, 0.1) is 0 Å². The average Bonchev–Trinajstić information content (AvgIpc) is 2.48. The number of rotatable bonds is 7. The summed E-state index contributed by atoms with van der Waals surface area (Å²) in [6, 6.07) is 0. The number of nitrogens with zero attached hydrogens (tertiary/aromatic N) is 3. The predicted molar refractivity (Wildman–Crippen MR) is 87.5 cm³/mol. The first kappa shape index (κ1) is 19.8. The molecule has 0 aliphatic heterocycles. The Morgan fingerprint density at radius 2 is 2.16 bits per heavy atom. The van der Waals surface area contributed by atoms with Crippen molar-refractivity contribution in [3.05, 3.63) is 11.8 Å². The van der Waals surface area contributed by atoms with Gasteiger partial charge in [0.15, 0.2) is 0 Å². The second kappa shape index (κ2) is 8.22. The zero-order chi connectivity index (χ0) is 18.6. The third-order valence-corrected chi connectivity index (χ3v) is 4.83. The lowest BCUT2D eigenvalue weighted by molar-refractivity contribution is -0.137. The highest BCUT2D eigenvalue weighted by molar-refractivity contribution is 7.90. The van der Waals surface area contributed by atoms with Crippen LogP contribution >= 0.6 is 0 Å². The molecule has 1 saturated carbocycles. The van der Waals surface area contributed by atoms with E-state index in [-0.39, 0.29) is 29.3 Å². The molecule has 1 fully saturated rings. The van der Waals surface area contributed by atoms with Crippen molar-refractivity contribution >= 4 is 22.9 Å². The van der Waals surface area contributed by atoms with Gasteiger partial charge >= 0.3 is 11.3 Å². The molecule has 1 unspecified atom stereocenters. The molecule has 0 bridgehead atoms. The Balaban J connectivity index is 1.92. The van der Waals surface area contributed by atoms with Crippen LogP contribution in [-0.4, -0.2) is 51.7 Å². The van der Waals surface area contributed by atoms with Gasteiger partial charge in [0.1, 0.15) is 17.6 Å². The first-order valence-electron chi connectivity index (χ1n) is 7.96. The van der Waals surface area contributed by atoms with Crippen molar-refractivity contribution in [1.82, 2.24) is 14.9 Å². The van der Waals surface area contributed by atoms with E-state index in [9.17, 15) is 22.5 Å². The standard InChI is InChI=1S/C15H21F3N4O2S/c1-22(13(23)10-5-3-6-10)8-4-7-19-12-11(15(16,17)18)9-20-14(21-12)25(2)24/h9-10H,3-8H2,1-2H3,(H,19,20,21). The second-order valence-corrected chi connectivity index (χ2v) is 7.31. The lowest BCUT2D eigenvalue weighted by Gasteiger charge is -2.29. The van der Waals surface area contributed by atoms with Gasteiger partial charge in [0, 0.05) is 43.4 Å². The van der Waals surface area contributed by atoms with Gasteiger partial charge in [-0.15, -0.1) is 0 Å². The number of aromatic nitrogens is 2. The van der Waals surface area contributed by atoms with Gasteiger partial charge in [-0.2, -0.15) is 23.1 Å². The van der Waals surface area contributed by atoms with Crippen LogP contribution in [0, 0.1) is 5.92 Å². The van der Waals surface area contributed by atoms with Gasteiger partial charge in [0.25, 0.3) is 0 Å². The minimum atomic E-state index is -4.60. The Morgan fingerprint density at radius 3 is 2.68 bits per heavy atom. The highest BCUT2D eigenvalue weighted by Gasteiger charge is 2.36. The Bertz CT molecular complexity index is 609. The smallest absolute Gasteiger partial charge is 0.421 e. The molecule has 0 aromatic carbocycles. The number of carbonyl (C=O) groups is 1. The molecular formula is C15H21F3N4O2S. The highest BCUT2D eigenvalue weighted by Crippen LogP contribution is 2.33. The number of amides is 1. The molecule has 25 heavy (non-hydrogen) atoms. The molecule has 1 aliphatic carbocycles. The lowest BCUT2D eigenvalue weighted by atomic mass is 9.84. The quantitative estimate of drug-likeness (QED) is 0.447. The number of alkyl halides is 3. The van der Waals surface area contributed by atoms with Crippen molar-refractivity contribution in [3.63, 3.8) is 0 Å². The van der Waals surface area contributed by atoms with Gasteiger partial charge < -0.3 is 14.8 Å². The van der Waals surface area contributed by atoms with Gasteiger partial charge in [-0.1, -0.05) is 6.42 Å². The lowest BCUT2D eigenvalue weighted by Crippen LogP contribution is -2.37. The van der Waals surface area contributed by atoms with Gasteiger partial charge in [-0.3, -0.25) is 4.79 Å². The number of hydrogen-bond acceptors (Lipinski definition) is 5. The van der Waals surface area contributed by atoms with Crippen LogP contribution < -0.4 is 5.32 Å². The van der Waals surface area contributed by atoms with Crippen LogP contribution in [0.1, 0.15) is 31.2 Å². The SMILES string of the molecule is CN(CCCNc1nc([S+](C)[O-])ncc1C(F)(F)F)C(=O)C1CCC1. The molecule has 2 rings (SSSR count). The van der Waals surface area contributed by atoms with E-state index in [0.29, 0.717) is 19.2 Å². The monoisotopic (exact) mass is 378 g/mol. The van der Waals surface area contributed by atoms with Crippen LogP contribution in [0.2, 0.25) is 0 Å². The summed E-state index contributed by atoms with van der Waals surface area (Å²) in [6.45, 7) is 0.652. The van der Waals surface area contributed by atoms with Crippen LogP contribution in [0.5, 0.6) is 0 Å². The van der Waals surface area contributed by atoms with E-state index < -0.39 is 22.9 Å². The molecule has 1 atom stereocenters. The Hall–Kier alpha value is -1.55. The minimum Gasteiger partial charge on any atom is -0.609 e. The zero-order valence-corrected chi connectivity index (χ0v) is 14.9. The minimum absolute atomic E-state index is 0.0907. The summed E-state index contributed by atoms with van der Waals surface area (Å²) in [5.74, 6) is -0.202. The zero-order valence-electron chi connectivity index (χ0n) is 14.1. The van der Waals surface area contributed by atoms with Gasteiger partial charge in [0.2, 0.25) is 5.91 Å². The third-order valence-electron chi connectivity index (χ3n) is 4.12. The second-order valence-electron chi connectivity index (χ2n) is 6.03. The summed E-state index contributed by atoms with van der Waals surface area (Å²) in [5.41, 5.74) is -0.999. The first-order chi connectivity index (χ1) is 11.7. The normalized spacial score (nSPS) is 16.2. The van der Waals surface area contributed by atoms with E-state index in [1.54, 1.807) is 11.9 Å². The molecule has 1 heterocycles. The molecule has 1 aromatic rings. The van der Waals surface area contributed by atoms with Crippen LogP contribution in [-0.2, 0) is 22.1 Å². The summed E-state index contributed by atoms with van der Waals surface area (Å²) in [7, 11) is 1.70. The molecule has 1 N–H and O–H groups in total. The fourth-order valence-corrected chi connectivity index (χ4v) is 2.87. The molecular weight excluding hydrogens is 357 g/mol. The van der Waals surface area contributed by atoms with Gasteiger partial charge in [-0.25, -0.2) is 0 Å². The van der Waals surface area contributed by atoms with Crippen LogP contribution in [0.15, 0.2) is 11.4 Å². The number of anilines is 1. The summed E-state index contributed by atoms with van der Waals surface area (Å²) < 4.78 is 50.4. The molecule has 0 saturated heterocycles. The molecule has 1 aliphatic rings. The first-order valence-corrected chi connectivity index (χ1v) is 9.52. The predicted octanol–water partition coefficient (Wildman–Crippen LogP) is 2.29. The maximum Gasteiger partial charge on any atom is 0.421 e. The maximum atomic E-state index is 13.0. The van der Waals surface area contributed by atoms with E-state index in [1.165, 1.54) is 6.26 Å². The Morgan fingerprint density at radius 1 is 1.48 bits per heavy atom. The number of hydrogen-bond donors (Lipinski definition) is 1. The Kier molecular flexibility index (Phi) is 6.50. The average molecular weight is 378 g/mol. The largest absolute Gasteiger partial charge is 0.609 e. The van der Waals surface area contributed by atoms with Crippen molar-refractivity contribution in [2.45, 2.75) is 37.0 Å². The molecule has 0 radical (unpaired) electrons. The van der Waals surface area contributed by atoms with Crippen LogP contribution in [0.25, 0.3) is 0 Å². The molecule has 1 aromatic heterocycles. The fraction of sp³-hybridized carbons (Fsp3) is 0.667. The maximum absolute atomic E-state index is 13.0. The van der Waals surface area contributed by atoms with E-state index in [4.69, 9.17) is 0 Å². The number of nitrogens with one attached hydrogen (secondary N) is 1. The van der Waals surface area contributed by atoms with Crippen molar-refractivity contribution < 1.29 is 22.5 Å². The van der Waals surface area contributed by atoms with Crippen molar-refractivity contribution in [2.24, 2.45) is 5.92 Å². The molecule has 140 valence electrons. The summed E-state index contributed by atoms with van der Waals surface area (Å²) in [6.07, 6.45) is 0.697. The van der Waals surface area contributed by atoms with Gasteiger partial charge in [-0.05, 0) is 19.3 Å². The highest BCUT2D eigenvalue weighted by atomic mass is 32.2. The summed E-state index contributed by atoms with van der Waals surface area (Å²) >= 11 is -1.58.